The summed E-state index contributed by atoms with van der Waals surface area (Å²) >= 11 is 0. The summed E-state index contributed by atoms with van der Waals surface area (Å²) in [7, 11) is 0. The molecule has 1 atom stereocenters. The molecule has 1 aliphatic carbocycles. The quantitative estimate of drug-likeness (QED) is 0.632. The van der Waals surface area contributed by atoms with E-state index >= 15 is 0 Å². The number of esters is 1. The van der Waals surface area contributed by atoms with Crippen LogP contribution >= 0.6 is 0 Å². The third-order valence-corrected chi connectivity index (χ3v) is 6.67. The predicted molar refractivity (Wildman–Crippen MR) is 121 cm³/mol. The van der Waals surface area contributed by atoms with E-state index in [1.54, 1.807) is 6.20 Å². The fourth-order valence-corrected chi connectivity index (χ4v) is 5.01. The molecule has 172 valence electrons. The number of anilines is 2. The first kappa shape index (κ1) is 22.3. The standard InChI is InChI=1S/C24H33N5O3/c1-2-32-24(31)22(19-9-6-10-20(26-19)27-21-11-14-25-28-21)17-12-15-29(16-13-17)23(30)18-7-4-3-5-8-18/h6,9-11,14,17-18,22H,2-5,7-8,12-13,15-16H2,1H3,(H2,25,26,27,28). The molecule has 0 spiro atoms. The number of nitrogens with zero attached hydrogens (tertiary/aromatic N) is 3. The summed E-state index contributed by atoms with van der Waals surface area (Å²) in [6.45, 7) is 3.55. The van der Waals surface area contributed by atoms with Gasteiger partial charge in [-0.1, -0.05) is 25.3 Å². The third kappa shape index (κ3) is 5.29. The minimum Gasteiger partial charge on any atom is -0.465 e. The van der Waals surface area contributed by atoms with Crippen LogP contribution in [0, 0.1) is 11.8 Å². The molecule has 1 saturated carbocycles. The second-order valence-electron chi connectivity index (χ2n) is 8.77. The van der Waals surface area contributed by atoms with Crippen molar-refractivity contribution in [2.75, 3.05) is 25.0 Å². The number of piperidine rings is 1. The molecule has 1 saturated heterocycles. The van der Waals surface area contributed by atoms with Crippen molar-refractivity contribution in [3.05, 3.63) is 36.2 Å². The number of carbonyl (C=O) groups excluding carboxylic acids is 2. The Labute approximate surface area is 189 Å². The molecule has 3 heterocycles. The molecule has 2 aromatic rings. The molecular formula is C24H33N5O3. The predicted octanol–water partition coefficient (Wildman–Crippen LogP) is 4.01. The molecule has 0 aromatic carbocycles. The Balaban J connectivity index is 1.45. The van der Waals surface area contributed by atoms with Gasteiger partial charge in [0, 0.05) is 25.1 Å². The van der Waals surface area contributed by atoms with Crippen molar-refractivity contribution in [3.8, 4) is 0 Å². The van der Waals surface area contributed by atoms with Crippen LogP contribution in [0.25, 0.3) is 0 Å². The summed E-state index contributed by atoms with van der Waals surface area (Å²) in [6.07, 6.45) is 8.82. The monoisotopic (exact) mass is 439 g/mol. The number of ether oxygens (including phenoxy) is 1. The fraction of sp³-hybridized carbons (Fsp3) is 0.583. The third-order valence-electron chi connectivity index (χ3n) is 6.67. The number of likely N-dealkylation sites (tertiary alicyclic amines) is 1. The SMILES string of the molecule is CCOC(=O)C(c1cccc(Nc2ccn[nH]2)n1)C1CCN(C(=O)C2CCCCC2)CC1. The Kier molecular flexibility index (Phi) is 7.39. The molecule has 2 aromatic heterocycles. The Morgan fingerprint density at radius 1 is 1.16 bits per heavy atom. The molecule has 0 bridgehead atoms. The van der Waals surface area contributed by atoms with Crippen LogP contribution in [-0.4, -0.2) is 51.7 Å². The topological polar surface area (TPSA) is 100 Å². The van der Waals surface area contributed by atoms with Crippen molar-refractivity contribution in [3.63, 3.8) is 0 Å². The van der Waals surface area contributed by atoms with Gasteiger partial charge in [0.2, 0.25) is 5.91 Å². The van der Waals surface area contributed by atoms with E-state index in [9.17, 15) is 9.59 Å². The van der Waals surface area contributed by atoms with Crippen LogP contribution in [0.4, 0.5) is 11.6 Å². The van der Waals surface area contributed by atoms with E-state index in [1.807, 2.05) is 36.1 Å². The molecule has 32 heavy (non-hydrogen) atoms. The van der Waals surface area contributed by atoms with Gasteiger partial charge in [0.15, 0.2) is 0 Å². The van der Waals surface area contributed by atoms with Gasteiger partial charge in [-0.3, -0.25) is 14.7 Å². The van der Waals surface area contributed by atoms with E-state index in [2.05, 4.69) is 15.5 Å². The number of aromatic nitrogens is 3. The Bertz CT molecular complexity index is 887. The zero-order valence-corrected chi connectivity index (χ0v) is 18.8. The van der Waals surface area contributed by atoms with Gasteiger partial charge in [0.25, 0.3) is 0 Å². The summed E-state index contributed by atoms with van der Waals surface area (Å²) in [5.41, 5.74) is 0.699. The van der Waals surface area contributed by atoms with Crippen molar-refractivity contribution in [1.82, 2.24) is 20.1 Å². The minimum absolute atomic E-state index is 0.0966. The van der Waals surface area contributed by atoms with Gasteiger partial charge in [0.1, 0.15) is 17.6 Å². The lowest BCUT2D eigenvalue weighted by Crippen LogP contribution is -2.44. The van der Waals surface area contributed by atoms with Crippen LogP contribution in [0.15, 0.2) is 30.5 Å². The lowest BCUT2D eigenvalue weighted by Gasteiger charge is -2.37. The first-order valence-corrected chi connectivity index (χ1v) is 11.8. The van der Waals surface area contributed by atoms with Gasteiger partial charge < -0.3 is 15.0 Å². The van der Waals surface area contributed by atoms with Crippen LogP contribution < -0.4 is 5.32 Å². The molecular weight excluding hydrogens is 406 g/mol. The molecule has 0 radical (unpaired) electrons. The summed E-state index contributed by atoms with van der Waals surface area (Å²) in [4.78, 5) is 32.6. The van der Waals surface area contributed by atoms with Crippen LogP contribution in [0.2, 0.25) is 0 Å². The molecule has 1 amide bonds. The van der Waals surface area contributed by atoms with Crippen molar-refractivity contribution in [2.45, 2.75) is 57.8 Å². The van der Waals surface area contributed by atoms with Gasteiger partial charge in [-0.15, -0.1) is 0 Å². The van der Waals surface area contributed by atoms with E-state index in [0.717, 1.165) is 44.3 Å². The van der Waals surface area contributed by atoms with Crippen LogP contribution in [0.5, 0.6) is 0 Å². The van der Waals surface area contributed by atoms with Crippen molar-refractivity contribution >= 4 is 23.5 Å². The highest BCUT2D eigenvalue weighted by atomic mass is 16.5. The molecule has 8 heteroatoms. The minimum atomic E-state index is -0.439. The van der Waals surface area contributed by atoms with Gasteiger partial charge in [-0.25, -0.2) is 4.98 Å². The Morgan fingerprint density at radius 2 is 1.94 bits per heavy atom. The summed E-state index contributed by atoms with van der Waals surface area (Å²) in [5, 5.41) is 9.97. The highest BCUT2D eigenvalue weighted by Gasteiger charge is 2.37. The highest BCUT2D eigenvalue weighted by molar-refractivity contribution is 5.80. The molecule has 2 fully saturated rings. The summed E-state index contributed by atoms with van der Waals surface area (Å²) in [5.74, 6) is 1.29. The molecule has 1 unspecified atom stereocenters. The number of rotatable bonds is 7. The first-order valence-electron chi connectivity index (χ1n) is 11.8. The first-order chi connectivity index (χ1) is 15.7. The number of pyridine rings is 1. The maximum atomic E-state index is 13.0. The number of hydrogen-bond donors (Lipinski definition) is 2. The Hall–Kier alpha value is -2.90. The van der Waals surface area contributed by atoms with E-state index in [4.69, 9.17) is 9.72 Å². The highest BCUT2D eigenvalue weighted by Crippen LogP contribution is 2.35. The zero-order valence-electron chi connectivity index (χ0n) is 18.8. The second-order valence-corrected chi connectivity index (χ2v) is 8.77. The van der Waals surface area contributed by atoms with E-state index in [-0.39, 0.29) is 17.8 Å². The fourth-order valence-electron chi connectivity index (χ4n) is 5.01. The number of nitrogens with one attached hydrogen (secondary N) is 2. The van der Waals surface area contributed by atoms with Crippen molar-refractivity contribution in [1.29, 1.82) is 0 Å². The van der Waals surface area contributed by atoms with Gasteiger partial charge in [-0.2, -0.15) is 5.10 Å². The number of aromatic amines is 1. The lowest BCUT2D eigenvalue weighted by atomic mass is 9.81. The molecule has 4 rings (SSSR count). The van der Waals surface area contributed by atoms with Crippen LogP contribution in [-0.2, 0) is 14.3 Å². The summed E-state index contributed by atoms with van der Waals surface area (Å²) < 4.78 is 5.43. The number of carbonyl (C=O) groups is 2. The van der Waals surface area contributed by atoms with Crippen molar-refractivity contribution in [2.24, 2.45) is 11.8 Å². The molecule has 2 N–H and O–H groups in total. The van der Waals surface area contributed by atoms with Crippen LogP contribution in [0.1, 0.15) is 63.5 Å². The van der Waals surface area contributed by atoms with Crippen molar-refractivity contribution < 1.29 is 14.3 Å². The summed E-state index contributed by atoms with van der Waals surface area (Å²) in [6, 6.07) is 7.46. The van der Waals surface area contributed by atoms with E-state index < -0.39 is 5.92 Å². The largest absolute Gasteiger partial charge is 0.465 e. The average Bonchev–Trinajstić information content (AvgIpc) is 3.33. The maximum absolute atomic E-state index is 13.0. The van der Waals surface area contributed by atoms with Gasteiger partial charge in [0.05, 0.1) is 18.5 Å². The lowest BCUT2D eigenvalue weighted by molar-refractivity contribution is -0.147. The zero-order chi connectivity index (χ0) is 22.3. The molecule has 2 aliphatic rings. The normalized spacial score (nSPS) is 18.8. The smallest absolute Gasteiger partial charge is 0.315 e. The molecule has 1 aliphatic heterocycles. The number of hydrogen-bond acceptors (Lipinski definition) is 6. The number of H-pyrrole nitrogens is 1. The molecule has 8 nitrogen and oxygen atoms in total. The van der Waals surface area contributed by atoms with E-state index in [0.29, 0.717) is 37.1 Å². The van der Waals surface area contributed by atoms with E-state index in [1.165, 1.54) is 6.42 Å². The Morgan fingerprint density at radius 3 is 2.62 bits per heavy atom. The second kappa shape index (κ2) is 10.6. The number of amides is 1. The average molecular weight is 440 g/mol. The maximum Gasteiger partial charge on any atom is 0.315 e. The van der Waals surface area contributed by atoms with Gasteiger partial charge in [-0.05, 0) is 50.7 Å². The van der Waals surface area contributed by atoms with Gasteiger partial charge >= 0.3 is 5.97 Å². The van der Waals surface area contributed by atoms with Crippen LogP contribution in [0.3, 0.4) is 0 Å².